The lowest BCUT2D eigenvalue weighted by atomic mass is 10.2. The first-order chi connectivity index (χ1) is 8.69. The van der Waals surface area contributed by atoms with Crippen LogP contribution in [0.4, 0.5) is 0 Å². The molecule has 2 rings (SSSR count). The van der Waals surface area contributed by atoms with E-state index in [0.29, 0.717) is 18.3 Å². The van der Waals surface area contributed by atoms with Gasteiger partial charge in [-0.3, -0.25) is 0 Å². The lowest BCUT2D eigenvalue weighted by Gasteiger charge is -2.06. The summed E-state index contributed by atoms with van der Waals surface area (Å²) in [5.41, 5.74) is 1.15. The average Bonchev–Trinajstić information content (AvgIpc) is 2.75. The lowest BCUT2D eigenvalue weighted by Crippen LogP contribution is -2.12. The van der Waals surface area contributed by atoms with Crippen molar-refractivity contribution in [1.82, 2.24) is 15.5 Å². The second kappa shape index (κ2) is 5.97. The lowest BCUT2D eigenvalue weighted by molar-refractivity contribution is 0.364. The second-order valence-electron chi connectivity index (χ2n) is 3.81. The Hall–Kier alpha value is -1.40. The Morgan fingerprint density at radius 3 is 2.83 bits per heavy atom. The Kier molecular flexibility index (Phi) is 4.33. The molecule has 0 fully saturated rings. The van der Waals surface area contributed by atoms with Crippen LogP contribution in [0.15, 0.2) is 27.2 Å². The normalized spacial score (nSPS) is 10.6. The molecule has 5 nitrogen and oxygen atoms in total. The summed E-state index contributed by atoms with van der Waals surface area (Å²) in [6.07, 6.45) is 0. The molecule has 0 saturated carbocycles. The van der Waals surface area contributed by atoms with Crippen molar-refractivity contribution in [2.24, 2.45) is 0 Å². The first-order valence-electron chi connectivity index (χ1n) is 5.51. The number of hydrogen-bond acceptors (Lipinski definition) is 5. The quantitative estimate of drug-likeness (QED) is 0.919. The molecule has 18 heavy (non-hydrogen) atoms. The fraction of sp³-hybridized carbons (Fsp3) is 0.333. The van der Waals surface area contributed by atoms with E-state index in [9.17, 15) is 0 Å². The van der Waals surface area contributed by atoms with Gasteiger partial charge < -0.3 is 14.6 Å². The number of methoxy groups -OCH3 is 1. The predicted octanol–water partition coefficient (Wildman–Crippen LogP) is 2.44. The maximum absolute atomic E-state index is 5.18. The molecule has 96 valence electrons. The van der Waals surface area contributed by atoms with Crippen molar-refractivity contribution in [1.29, 1.82) is 0 Å². The average molecular weight is 312 g/mol. The van der Waals surface area contributed by atoms with Crippen LogP contribution in [0, 0.1) is 6.92 Å². The van der Waals surface area contributed by atoms with Gasteiger partial charge in [-0.05, 0) is 40.5 Å². The molecule has 0 aliphatic rings. The molecule has 0 bridgehead atoms. The minimum Gasteiger partial charge on any atom is -0.496 e. The summed E-state index contributed by atoms with van der Waals surface area (Å²) in [5, 5.41) is 6.97. The molecule has 6 heteroatoms. The van der Waals surface area contributed by atoms with Gasteiger partial charge >= 0.3 is 0 Å². The molecule has 2 aromatic rings. The predicted molar refractivity (Wildman–Crippen MR) is 70.3 cm³/mol. The minimum absolute atomic E-state index is 0.560. The zero-order valence-electron chi connectivity index (χ0n) is 10.2. The Morgan fingerprint density at radius 2 is 2.22 bits per heavy atom. The summed E-state index contributed by atoms with van der Waals surface area (Å²) < 4.78 is 11.1. The molecule has 1 aromatic carbocycles. The molecular formula is C12H14BrN3O2. The van der Waals surface area contributed by atoms with Crippen molar-refractivity contribution in [3.8, 4) is 5.75 Å². The highest BCUT2D eigenvalue weighted by atomic mass is 79.9. The van der Waals surface area contributed by atoms with E-state index in [1.54, 1.807) is 14.0 Å². The molecule has 1 N–H and O–H groups in total. The van der Waals surface area contributed by atoms with E-state index in [0.717, 1.165) is 22.3 Å². The fourth-order valence-corrected chi connectivity index (χ4v) is 2.13. The number of nitrogens with zero attached hydrogens (tertiary/aromatic N) is 2. The van der Waals surface area contributed by atoms with Crippen LogP contribution in [0.5, 0.6) is 5.75 Å². The smallest absolute Gasteiger partial charge is 0.240 e. The first kappa shape index (κ1) is 13.0. The summed E-state index contributed by atoms with van der Waals surface area (Å²) in [7, 11) is 1.65. The Balaban J connectivity index is 1.88. The molecule has 0 aliphatic heterocycles. The van der Waals surface area contributed by atoms with Gasteiger partial charge in [0.25, 0.3) is 0 Å². The van der Waals surface area contributed by atoms with Gasteiger partial charge in [0.1, 0.15) is 5.75 Å². The maximum atomic E-state index is 5.18. The van der Waals surface area contributed by atoms with Crippen LogP contribution in [0.25, 0.3) is 0 Å². The largest absolute Gasteiger partial charge is 0.496 e. The molecule has 0 spiro atoms. The van der Waals surface area contributed by atoms with Crippen molar-refractivity contribution in [3.63, 3.8) is 0 Å². The maximum Gasteiger partial charge on any atom is 0.240 e. The minimum atomic E-state index is 0.560. The molecule has 0 atom stereocenters. The molecule has 0 unspecified atom stereocenters. The van der Waals surface area contributed by atoms with E-state index < -0.39 is 0 Å². The zero-order chi connectivity index (χ0) is 13.0. The van der Waals surface area contributed by atoms with Gasteiger partial charge in [0.15, 0.2) is 5.82 Å². The van der Waals surface area contributed by atoms with Crippen molar-refractivity contribution in [2.45, 2.75) is 20.0 Å². The standard InChI is InChI=1S/C12H14BrN3O2/c1-8-15-12(18-16-8)7-14-6-9-3-4-11(17-2)10(13)5-9/h3-5,14H,6-7H2,1-2H3. The van der Waals surface area contributed by atoms with Crippen molar-refractivity contribution in [2.75, 3.05) is 7.11 Å². The van der Waals surface area contributed by atoms with Crippen LogP contribution in [-0.2, 0) is 13.1 Å². The topological polar surface area (TPSA) is 60.2 Å². The molecule has 0 radical (unpaired) electrons. The first-order valence-corrected chi connectivity index (χ1v) is 6.30. The Labute approximate surface area is 114 Å². The van der Waals surface area contributed by atoms with E-state index in [1.807, 2.05) is 18.2 Å². The second-order valence-corrected chi connectivity index (χ2v) is 4.66. The van der Waals surface area contributed by atoms with Gasteiger partial charge in [-0.2, -0.15) is 4.98 Å². The number of benzene rings is 1. The van der Waals surface area contributed by atoms with Gasteiger partial charge in [-0.1, -0.05) is 11.2 Å². The number of hydrogen-bond donors (Lipinski definition) is 1. The van der Waals surface area contributed by atoms with E-state index in [1.165, 1.54) is 0 Å². The van der Waals surface area contributed by atoms with Crippen molar-refractivity contribution >= 4 is 15.9 Å². The third-order valence-electron chi connectivity index (χ3n) is 2.39. The molecular weight excluding hydrogens is 298 g/mol. The molecule has 1 heterocycles. The number of halogens is 1. The van der Waals surface area contributed by atoms with E-state index >= 15 is 0 Å². The molecule has 0 amide bonds. The summed E-state index contributed by atoms with van der Waals surface area (Å²) in [6, 6.07) is 5.96. The number of rotatable bonds is 5. The fourth-order valence-electron chi connectivity index (χ4n) is 1.55. The Morgan fingerprint density at radius 1 is 1.39 bits per heavy atom. The monoisotopic (exact) mass is 311 g/mol. The van der Waals surface area contributed by atoms with Gasteiger partial charge in [-0.15, -0.1) is 0 Å². The third-order valence-corrected chi connectivity index (χ3v) is 3.01. The van der Waals surface area contributed by atoms with Crippen LogP contribution < -0.4 is 10.1 Å². The summed E-state index contributed by atoms with van der Waals surface area (Å²) in [5.74, 6) is 2.07. The summed E-state index contributed by atoms with van der Waals surface area (Å²) in [4.78, 5) is 4.12. The van der Waals surface area contributed by atoms with Crippen molar-refractivity contribution in [3.05, 3.63) is 40.0 Å². The highest BCUT2D eigenvalue weighted by Gasteiger charge is 2.03. The highest BCUT2D eigenvalue weighted by Crippen LogP contribution is 2.25. The molecule has 0 aliphatic carbocycles. The van der Waals surface area contributed by atoms with Crippen LogP contribution in [-0.4, -0.2) is 17.3 Å². The summed E-state index contributed by atoms with van der Waals surface area (Å²) >= 11 is 3.45. The van der Waals surface area contributed by atoms with Crippen LogP contribution >= 0.6 is 15.9 Å². The highest BCUT2D eigenvalue weighted by molar-refractivity contribution is 9.10. The number of ether oxygens (including phenoxy) is 1. The third kappa shape index (κ3) is 3.30. The van der Waals surface area contributed by atoms with E-state index in [4.69, 9.17) is 9.26 Å². The Bertz CT molecular complexity index is 528. The van der Waals surface area contributed by atoms with Gasteiger partial charge in [-0.25, -0.2) is 0 Å². The van der Waals surface area contributed by atoms with Crippen LogP contribution in [0.2, 0.25) is 0 Å². The SMILES string of the molecule is COc1ccc(CNCc2nc(C)no2)cc1Br. The number of nitrogens with one attached hydrogen (secondary N) is 1. The number of aryl methyl sites for hydroxylation is 1. The van der Waals surface area contributed by atoms with Crippen LogP contribution in [0.1, 0.15) is 17.3 Å². The van der Waals surface area contributed by atoms with E-state index in [-0.39, 0.29) is 0 Å². The van der Waals surface area contributed by atoms with E-state index in [2.05, 4.69) is 31.4 Å². The molecule has 1 aromatic heterocycles. The zero-order valence-corrected chi connectivity index (χ0v) is 11.8. The van der Waals surface area contributed by atoms with Gasteiger partial charge in [0, 0.05) is 6.54 Å². The number of aromatic nitrogens is 2. The van der Waals surface area contributed by atoms with Crippen LogP contribution in [0.3, 0.4) is 0 Å². The van der Waals surface area contributed by atoms with Gasteiger partial charge in [0.05, 0.1) is 18.1 Å². The summed E-state index contributed by atoms with van der Waals surface area (Å²) in [6.45, 7) is 3.09. The van der Waals surface area contributed by atoms with Gasteiger partial charge in [0.2, 0.25) is 5.89 Å². The van der Waals surface area contributed by atoms with Crippen molar-refractivity contribution < 1.29 is 9.26 Å². The molecule has 0 saturated heterocycles.